The summed E-state index contributed by atoms with van der Waals surface area (Å²) in [5.41, 5.74) is 1.27. The molecular formula is C16H26. The predicted octanol–water partition coefficient (Wildman–Crippen LogP) is 3.90. The molecule has 0 fully saturated rings. The first-order valence-electron chi connectivity index (χ1n) is 6.12. The Bertz CT molecular complexity index is 383. The summed E-state index contributed by atoms with van der Waals surface area (Å²) in [6, 6.07) is 8.14. The van der Waals surface area contributed by atoms with Gasteiger partial charge in [-0.15, -0.1) is 0 Å². The van der Waals surface area contributed by atoms with E-state index in [1.165, 1.54) is 10.8 Å². The normalized spacial score (nSPS) is 10.9. The van der Waals surface area contributed by atoms with E-state index >= 15 is 0 Å². The van der Waals surface area contributed by atoms with Crippen LogP contribution < -0.4 is 10.4 Å². The fourth-order valence-electron chi connectivity index (χ4n) is 1.00. The van der Waals surface area contributed by atoms with Gasteiger partial charge in [0.25, 0.3) is 0 Å². The van der Waals surface area contributed by atoms with Gasteiger partial charge in [-0.25, -0.2) is 0 Å². The third kappa shape index (κ3) is 7.05. The van der Waals surface area contributed by atoms with Crippen LogP contribution in [0.4, 0.5) is 0 Å². The van der Waals surface area contributed by atoms with Crippen LogP contribution in [0.3, 0.4) is 0 Å². The van der Waals surface area contributed by atoms with Crippen LogP contribution >= 0.6 is 0 Å². The maximum atomic E-state index is 3.95. The highest BCUT2D eigenvalue weighted by atomic mass is 13.9. The van der Waals surface area contributed by atoms with E-state index in [1.807, 2.05) is 52.8 Å². The van der Waals surface area contributed by atoms with Crippen LogP contribution in [0, 0.1) is 0 Å². The molecule has 0 spiro atoms. The largest absolute Gasteiger partial charge is 0.0912 e. The molecule has 0 aliphatic carbocycles. The van der Waals surface area contributed by atoms with Gasteiger partial charge >= 0.3 is 0 Å². The van der Waals surface area contributed by atoms with Crippen LogP contribution in [0.15, 0.2) is 35.9 Å². The van der Waals surface area contributed by atoms with Crippen LogP contribution in [0.25, 0.3) is 12.7 Å². The highest BCUT2D eigenvalue weighted by Gasteiger charge is 1.81. The topological polar surface area (TPSA) is 0 Å². The van der Waals surface area contributed by atoms with Gasteiger partial charge in [-0.3, -0.25) is 0 Å². The highest BCUT2D eigenvalue weighted by Crippen LogP contribution is 1.90. The number of benzene rings is 1. The summed E-state index contributed by atoms with van der Waals surface area (Å²) in [5.74, 6) is 0. The van der Waals surface area contributed by atoms with Gasteiger partial charge in [0.05, 0.1) is 0 Å². The van der Waals surface area contributed by atoms with E-state index in [1.54, 1.807) is 0 Å². The first kappa shape index (κ1) is 17.1. The van der Waals surface area contributed by atoms with E-state index in [4.69, 9.17) is 0 Å². The first-order chi connectivity index (χ1) is 7.74. The molecule has 0 saturated carbocycles. The van der Waals surface area contributed by atoms with Gasteiger partial charge in [0.2, 0.25) is 0 Å². The van der Waals surface area contributed by atoms with Gasteiger partial charge in [-0.2, -0.15) is 0 Å². The molecule has 0 bridgehead atoms. The van der Waals surface area contributed by atoms with Crippen LogP contribution in [0.1, 0.15) is 41.5 Å². The molecule has 1 aromatic rings. The smallest absolute Gasteiger partial charge is 0.0187 e. The first-order valence-corrected chi connectivity index (χ1v) is 6.12. The predicted molar refractivity (Wildman–Crippen MR) is 77.8 cm³/mol. The zero-order chi connectivity index (χ0) is 13.0. The lowest BCUT2D eigenvalue weighted by molar-refractivity contribution is 1.47. The lowest BCUT2D eigenvalue weighted by Crippen LogP contribution is -2.21. The minimum atomic E-state index is 1.08. The number of allylic oxidation sites excluding steroid dienone is 2. The van der Waals surface area contributed by atoms with E-state index in [0.717, 1.165) is 5.22 Å². The summed E-state index contributed by atoms with van der Waals surface area (Å²) in [5, 5.41) is 2.28. The molecule has 16 heavy (non-hydrogen) atoms. The van der Waals surface area contributed by atoms with Crippen molar-refractivity contribution in [3.05, 3.63) is 46.4 Å². The number of rotatable bonds is 1. The molecule has 0 aliphatic rings. The number of hydrogen-bond donors (Lipinski definition) is 0. The summed E-state index contributed by atoms with van der Waals surface area (Å²) < 4.78 is 0. The van der Waals surface area contributed by atoms with Crippen molar-refractivity contribution < 1.29 is 0 Å². The summed E-state index contributed by atoms with van der Waals surface area (Å²) >= 11 is 0. The van der Waals surface area contributed by atoms with Crippen molar-refractivity contribution in [1.29, 1.82) is 0 Å². The molecule has 0 aromatic heterocycles. The summed E-state index contributed by atoms with van der Waals surface area (Å²) in [6.45, 7) is 16.1. The minimum Gasteiger partial charge on any atom is -0.0912 e. The Morgan fingerprint density at radius 3 is 2.00 bits per heavy atom. The monoisotopic (exact) mass is 218 g/mol. The van der Waals surface area contributed by atoms with Crippen molar-refractivity contribution >= 4 is 12.7 Å². The van der Waals surface area contributed by atoms with E-state index < -0.39 is 0 Å². The second kappa shape index (κ2) is 11.8. The molecule has 0 saturated heterocycles. The van der Waals surface area contributed by atoms with Gasteiger partial charge in [0, 0.05) is 0 Å². The van der Waals surface area contributed by atoms with Gasteiger partial charge < -0.3 is 0 Å². The Kier molecular flexibility index (Phi) is 12.6. The van der Waals surface area contributed by atoms with Crippen molar-refractivity contribution in [3.63, 3.8) is 0 Å². The van der Waals surface area contributed by atoms with Crippen LogP contribution in [-0.4, -0.2) is 0 Å². The fraction of sp³-hybridized carbons (Fsp3) is 0.375. The molecule has 0 radical (unpaired) electrons. The molecule has 0 N–H and O–H groups in total. The van der Waals surface area contributed by atoms with Crippen molar-refractivity contribution in [2.75, 3.05) is 0 Å². The van der Waals surface area contributed by atoms with Crippen molar-refractivity contribution in [2.45, 2.75) is 41.5 Å². The maximum Gasteiger partial charge on any atom is -0.0187 e. The average Bonchev–Trinajstić information content (AvgIpc) is 2.37. The molecule has 0 unspecified atom stereocenters. The van der Waals surface area contributed by atoms with Crippen LogP contribution in [0.5, 0.6) is 0 Å². The lowest BCUT2D eigenvalue weighted by Gasteiger charge is -1.89. The third-order valence-electron chi connectivity index (χ3n) is 1.89. The van der Waals surface area contributed by atoms with E-state index in [0.29, 0.717) is 0 Å². The Morgan fingerprint density at radius 2 is 1.56 bits per heavy atom. The van der Waals surface area contributed by atoms with E-state index in [2.05, 4.69) is 31.7 Å². The molecule has 0 heteroatoms. The molecule has 0 heterocycles. The third-order valence-corrected chi connectivity index (χ3v) is 1.89. The molecule has 0 atom stereocenters. The summed E-state index contributed by atoms with van der Waals surface area (Å²) in [4.78, 5) is 0. The highest BCUT2D eigenvalue weighted by molar-refractivity contribution is 5.45. The lowest BCUT2D eigenvalue weighted by atomic mass is 10.2. The standard InChI is InChI=1S/C12H14.2C2H6/c1-4-10(2)9-12-8-6-5-7-11(12)3;2*1-2/h4-9H,3H2,1-2H3;2*1-2H3/b10-4-,12-9-;;. The second-order valence-corrected chi connectivity index (χ2v) is 2.88. The second-order valence-electron chi connectivity index (χ2n) is 2.88. The average molecular weight is 218 g/mol. The SMILES string of the molecule is C=c1cccc/c1=C/C(C)=C\C.CC.CC. The molecular weight excluding hydrogens is 192 g/mol. The molecule has 90 valence electrons. The van der Waals surface area contributed by atoms with Crippen molar-refractivity contribution in [3.8, 4) is 0 Å². The maximum absolute atomic E-state index is 3.95. The van der Waals surface area contributed by atoms with E-state index in [-0.39, 0.29) is 0 Å². The van der Waals surface area contributed by atoms with Crippen LogP contribution in [0.2, 0.25) is 0 Å². The van der Waals surface area contributed by atoms with Gasteiger partial charge in [-0.05, 0) is 24.3 Å². The quantitative estimate of drug-likeness (QED) is 0.671. The van der Waals surface area contributed by atoms with Gasteiger partial charge in [0.15, 0.2) is 0 Å². The Morgan fingerprint density at radius 1 is 1.06 bits per heavy atom. The summed E-state index contributed by atoms with van der Waals surface area (Å²) in [6.07, 6.45) is 4.23. The van der Waals surface area contributed by atoms with Gasteiger partial charge in [0.1, 0.15) is 0 Å². The van der Waals surface area contributed by atoms with Crippen molar-refractivity contribution in [1.82, 2.24) is 0 Å². The van der Waals surface area contributed by atoms with Crippen LogP contribution in [-0.2, 0) is 0 Å². The molecule has 1 aromatic carbocycles. The molecule has 0 aliphatic heterocycles. The fourth-order valence-corrected chi connectivity index (χ4v) is 1.00. The molecule has 1 rings (SSSR count). The zero-order valence-electron chi connectivity index (χ0n) is 11.7. The molecule has 0 amide bonds. The number of hydrogen-bond acceptors (Lipinski definition) is 0. The Balaban J connectivity index is 0. The summed E-state index contributed by atoms with van der Waals surface area (Å²) in [7, 11) is 0. The van der Waals surface area contributed by atoms with E-state index in [9.17, 15) is 0 Å². The van der Waals surface area contributed by atoms with Gasteiger partial charge in [-0.1, -0.05) is 76.3 Å². The Labute approximate surface area is 101 Å². The zero-order valence-corrected chi connectivity index (χ0v) is 11.7. The van der Waals surface area contributed by atoms with Crippen molar-refractivity contribution in [2.24, 2.45) is 0 Å². The Hall–Kier alpha value is -1.30. The minimum absolute atomic E-state index is 1.08. The molecule has 0 nitrogen and oxygen atoms in total.